The number of ether oxygens (including phenoxy) is 2. The van der Waals surface area contributed by atoms with Crippen molar-refractivity contribution >= 4 is 34.1 Å². The van der Waals surface area contributed by atoms with Crippen molar-refractivity contribution in [1.82, 2.24) is 4.57 Å². The largest absolute Gasteiger partial charge is 0.497 e. The molecule has 0 saturated carbocycles. The zero-order valence-electron chi connectivity index (χ0n) is 17.0. The molecule has 2 aromatic carbocycles. The van der Waals surface area contributed by atoms with E-state index < -0.39 is 5.91 Å². The third kappa shape index (κ3) is 5.10. The quantitative estimate of drug-likeness (QED) is 0.339. The van der Waals surface area contributed by atoms with Crippen LogP contribution in [0.5, 0.6) is 17.4 Å². The predicted molar refractivity (Wildman–Crippen MR) is 116 cm³/mol. The highest BCUT2D eigenvalue weighted by Gasteiger charge is 2.17. The first-order valence-electron chi connectivity index (χ1n) is 9.75. The Bertz CT molecular complexity index is 1040. The summed E-state index contributed by atoms with van der Waals surface area (Å²) < 4.78 is 12.2. The number of aromatic nitrogens is 1. The minimum absolute atomic E-state index is 0.0315. The number of halogens is 1. The topological polar surface area (TPSA) is 85.4 Å². The van der Waals surface area contributed by atoms with Gasteiger partial charge in [-0.3, -0.25) is 4.79 Å². The van der Waals surface area contributed by atoms with Gasteiger partial charge in [0.15, 0.2) is 12.3 Å². The van der Waals surface area contributed by atoms with Crippen LogP contribution in [0.1, 0.15) is 26.2 Å². The highest BCUT2D eigenvalue weighted by Crippen LogP contribution is 2.40. The fraction of sp³-hybridized carbons (Fsp3) is 0.318. The number of azo groups is 1. The van der Waals surface area contributed by atoms with Crippen molar-refractivity contribution in [3.05, 3.63) is 47.5 Å². The maximum atomic E-state index is 12.1. The normalized spacial score (nSPS) is 11.3. The van der Waals surface area contributed by atoms with Crippen LogP contribution in [0.2, 0.25) is 5.02 Å². The van der Waals surface area contributed by atoms with E-state index in [1.165, 1.54) is 0 Å². The Labute approximate surface area is 179 Å². The van der Waals surface area contributed by atoms with Crippen LogP contribution in [-0.2, 0) is 11.3 Å². The van der Waals surface area contributed by atoms with Gasteiger partial charge in [0.25, 0.3) is 0 Å². The van der Waals surface area contributed by atoms with Gasteiger partial charge in [0.2, 0.25) is 5.88 Å². The fourth-order valence-corrected chi connectivity index (χ4v) is 3.25. The molecule has 8 heteroatoms. The number of fused-ring (bicyclic) bond motifs is 1. The lowest BCUT2D eigenvalue weighted by Crippen LogP contribution is -2.07. The molecular formula is C22H24ClN3O4. The van der Waals surface area contributed by atoms with Gasteiger partial charge in [-0.1, -0.05) is 31.4 Å². The molecule has 3 aromatic rings. The molecule has 0 bridgehead atoms. The van der Waals surface area contributed by atoms with E-state index in [2.05, 4.69) is 17.2 Å². The number of carbonyl (C=O) groups excluding carboxylic acids is 1. The van der Waals surface area contributed by atoms with Crippen molar-refractivity contribution < 1.29 is 19.4 Å². The summed E-state index contributed by atoms with van der Waals surface area (Å²) in [4.78, 5) is 12.1. The zero-order valence-corrected chi connectivity index (χ0v) is 17.7. The SMILES string of the molecule is CCCCCn1c(O)c(N=NC(=O)COc2ccc(OC)cc2)c2ccc(Cl)cc21. The Morgan fingerprint density at radius 2 is 1.87 bits per heavy atom. The van der Waals surface area contributed by atoms with Gasteiger partial charge in [-0.05, 0) is 48.9 Å². The Balaban J connectivity index is 1.75. The maximum absolute atomic E-state index is 12.1. The van der Waals surface area contributed by atoms with Gasteiger partial charge in [0, 0.05) is 17.0 Å². The van der Waals surface area contributed by atoms with Crippen LogP contribution in [0.15, 0.2) is 52.7 Å². The van der Waals surface area contributed by atoms with Crippen molar-refractivity contribution in [2.45, 2.75) is 32.7 Å². The molecule has 1 aromatic heterocycles. The Morgan fingerprint density at radius 1 is 1.13 bits per heavy atom. The summed E-state index contributed by atoms with van der Waals surface area (Å²) in [6.45, 7) is 2.47. The van der Waals surface area contributed by atoms with Crippen molar-refractivity contribution in [2.75, 3.05) is 13.7 Å². The first-order valence-corrected chi connectivity index (χ1v) is 10.1. The number of aromatic hydroxyl groups is 1. The minimum Gasteiger partial charge on any atom is -0.497 e. The van der Waals surface area contributed by atoms with Crippen LogP contribution >= 0.6 is 11.6 Å². The van der Waals surface area contributed by atoms with Crippen molar-refractivity contribution in [3.63, 3.8) is 0 Å². The molecule has 0 aliphatic carbocycles. The number of hydrogen-bond donors (Lipinski definition) is 1. The highest BCUT2D eigenvalue weighted by atomic mass is 35.5. The molecule has 0 atom stereocenters. The molecule has 158 valence electrons. The number of unbranched alkanes of at least 4 members (excludes halogenated alkanes) is 2. The molecule has 0 aliphatic rings. The van der Waals surface area contributed by atoms with E-state index in [0.717, 1.165) is 24.8 Å². The van der Waals surface area contributed by atoms with Crippen molar-refractivity contribution in [2.24, 2.45) is 10.2 Å². The van der Waals surface area contributed by atoms with Gasteiger partial charge >= 0.3 is 5.91 Å². The van der Waals surface area contributed by atoms with Gasteiger partial charge in [-0.2, -0.15) is 0 Å². The van der Waals surface area contributed by atoms with Crippen LogP contribution < -0.4 is 9.47 Å². The second-order valence-electron chi connectivity index (χ2n) is 6.75. The molecule has 0 saturated heterocycles. The van der Waals surface area contributed by atoms with E-state index in [-0.39, 0.29) is 18.2 Å². The average molecular weight is 430 g/mol. The molecule has 0 radical (unpaired) electrons. The van der Waals surface area contributed by atoms with Gasteiger partial charge in [-0.15, -0.1) is 10.2 Å². The van der Waals surface area contributed by atoms with E-state index in [0.29, 0.717) is 28.5 Å². The smallest absolute Gasteiger partial charge is 0.302 e. The highest BCUT2D eigenvalue weighted by molar-refractivity contribution is 6.31. The van der Waals surface area contributed by atoms with Crippen LogP contribution in [0.3, 0.4) is 0 Å². The molecule has 1 N–H and O–H groups in total. The number of benzene rings is 2. The number of nitrogens with zero attached hydrogens (tertiary/aromatic N) is 3. The van der Waals surface area contributed by atoms with Crippen LogP contribution in [0.4, 0.5) is 5.69 Å². The predicted octanol–water partition coefficient (Wildman–Crippen LogP) is 5.89. The fourth-order valence-electron chi connectivity index (χ4n) is 3.09. The molecule has 7 nitrogen and oxygen atoms in total. The Kier molecular flexibility index (Phi) is 7.30. The summed E-state index contributed by atoms with van der Waals surface area (Å²) in [6.07, 6.45) is 3.01. The third-order valence-electron chi connectivity index (χ3n) is 4.64. The first kappa shape index (κ1) is 21.6. The van der Waals surface area contributed by atoms with Crippen LogP contribution in [0.25, 0.3) is 10.9 Å². The molecule has 1 heterocycles. The minimum atomic E-state index is -0.564. The maximum Gasteiger partial charge on any atom is 0.302 e. The number of aryl methyl sites for hydroxylation is 1. The van der Waals surface area contributed by atoms with Gasteiger partial charge in [0.1, 0.15) is 11.5 Å². The number of hydrogen-bond acceptors (Lipinski definition) is 5. The van der Waals surface area contributed by atoms with E-state index in [1.807, 2.05) is 0 Å². The molecule has 0 aliphatic heterocycles. The summed E-state index contributed by atoms with van der Waals surface area (Å²) in [5, 5.41) is 19.7. The molecule has 1 amide bonds. The van der Waals surface area contributed by atoms with Crippen molar-refractivity contribution in [3.8, 4) is 17.4 Å². The van der Waals surface area contributed by atoms with Gasteiger partial charge in [-0.25, -0.2) is 0 Å². The number of methoxy groups -OCH3 is 1. The summed E-state index contributed by atoms with van der Waals surface area (Å²) in [6, 6.07) is 12.1. The Hall–Kier alpha value is -3.06. The van der Waals surface area contributed by atoms with E-state index >= 15 is 0 Å². The van der Waals surface area contributed by atoms with Crippen molar-refractivity contribution in [1.29, 1.82) is 0 Å². The van der Waals surface area contributed by atoms with Gasteiger partial charge < -0.3 is 19.1 Å². The lowest BCUT2D eigenvalue weighted by molar-refractivity contribution is -0.120. The number of carbonyl (C=O) groups is 1. The monoisotopic (exact) mass is 429 g/mol. The number of amides is 1. The molecular weight excluding hydrogens is 406 g/mol. The standard InChI is InChI=1S/C22H24ClN3O4/c1-3-4-5-12-26-19-13-15(23)6-11-18(19)21(22(26)28)25-24-20(27)14-30-17-9-7-16(29-2)8-10-17/h6-11,13,28H,3-5,12,14H2,1-2H3. The lowest BCUT2D eigenvalue weighted by atomic mass is 10.2. The zero-order chi connectivity index (χ0) is 21.5. The van der Waals surface area contributed by atoms with Crippen LogP contribution in [0, 0.1) is 0 Å². The summed E-state index contributed by atoms with van der Waals surface area (Å²) in [7, 11) is 1.57. The third-order valence-corrected chi connectivity index (χ3v) is 4.88. The molecule has 0 fully saturated rings. The number of rotatable bonds is 9. The summed E-state index contributed by atoms with van der Waals surface area (Å²) in [5.74, 6) is 0.616. The van der Waals surface area contributed by atoms with Crippen LogP contribution in [-0.4, -0.2) is 29.3 Å². The summed E-state index contributed by atoms with van der Waals surface area (Å²) >= 11 is 6.13. The first-order chi connectivity index (χ1) is 14.5. The van der Waals surface area contributed by atoms with Gasteiger partial charge in [0.05, 0.1) is 12.6 Å². The van der Waals surface area contributed by atoms with E-state index in [9.17, 15) is 9.90 Å². The average Bonchev–Trinajstić information content (AvgIpc) is 3.01. The molecule has 30 heavy (non-hydrogen) atoms. The second-order valence-corrected chi connectivity index (χ2v) is 7.19. The lowest BCUT2D eigenvalue weighted by Gasteiger charge is -2.06. The molecule has 0 spiro atoms. The Morgan fingerprint density at radius 3 is 2.57 bits per heavy atom. The molecule has 3 rings (SSSR count). The summed E-state index contributed by atoms with van der Waals surface area (Å²) in [5.41, 5.74) is 1.00. The molecule has 0 unspecified atom stereocenters. The van der Waals surface area contributed by atoms with E-state index in [1.54, 1.807) is 54.1 Å². The second kappa shape index (κ2) is 10.1. The van der Waals surface area contributed by atoms with E-state index in [4.69, 9.17) is 21.1 Å².